The van der Waals surface area contributed by atoms with Gasteiger partial charge in [-0.15, -0.1) is 0 Å². The number of hydrazone groups is 1. The van der Waals surface area contributed by atoms with Crippen LogP contribution in [0.2, 0.25) is 5.02 Å². The van der Waals surface area contributed by atoms with E-state index in [2.05, 4.69) is 54.2 Å². The third-order valence-corrected chi connectivity index (χ3v) is 5.04. The summed E-state index contributed by atoms with van der Waals surface area (Å²) in [5, 5.41) is 5.12. The van der Waals surface area contributed by atoms with E-state index in [0.29, 0.717) is 0 Å². The first-order chi connectivity index (χ1) is 13.7. The van der Waals surface area contributed by atoms with E-state index < -0.39 is 0 Å². The zero-order valence-electron chi connectivity index (χ0n) is 16.1. The SMILES string of the molecule is CC.CC1=NNC2C=Cc3c(cc(-c4cnc[nH]4)n3Cc3cccc(Cl)c3)N12. The molecular formula is C21H23ClN6. The van der Waals surface area contributed by atoms with Gasteiger partial charge in [0.15, 0.2) is 0 Å². The second kappa shape index (κ2) is 7.56. The molecule has 2 aliphatic rings. The lowest BCUT2D eigenvalue weighted by Gasteiger charge is -2.27. The first-order valence-electron chi connectivity index (χ1n) is 9.45. The van der Waals surface area contributed by atoms with Gasteiger partial charge in [0.05, 0.1) is 35.3 Å². The number of rotatable bonds is 3. The highest BCUT2D eigenvalue weighted by Crippen LogP contribution is 2.37. The Kier molecular flexibility index (Phi) is 4.96. The zero-order valence-corrected chi connectivity index (χ0v) is 16.9. The molecule has 4 heterocycles. The van der Waals surface area contributed by atoms with Crippen molar-refractivity contribution in [2.24, 2.45) is 5.10 Å². The standard InChI is InChI=1S/C19H17ClN6.C2H6/c1-12-23-24-19-6-5-16-18(26(12)19)8-17(15-9-21-11-22-15)25(16)10-13-3-2-4-14(20)7-13;1-2/h2-9,11,19,24H,10H2,1H3,(H,21,22);1-2H3. The molecule has 1 atom stereocenters. The smallest absolute Gasteiger partial charge is 0.140 e. The predicted octanol–water partition coefficient (Wildman–Crippen LogP) is 4.70. The van der Waals surface area contributed by atoms with Gasteiger partial charge in [-0.3, -0.25) is 5.43 Å². The van der Waals surface area contributed by atoms with Crippen LogP contribution in [0.3, 0.4) is 0 Å². The van der Waals surface area contributed by atoms with Crippen molar-refractivity contribution in [1.29, 1.82) is 0 Å². The fraction of sp³-hybridized carbons (Fsp3) is 0.238. The van der Waals surface area contributed by atoms with Gasteiger partial charge in [0.25, 0.3) is 0 Å². The Morgan fingerprint density at radius 2 is 2.07 bits per heavy atom. The number of halogens is 1. The van der Waals surface area contributed by atoms with Crippen molar-refractivity contribution in [3.05, 3.63) is 65.2 Å². The van der Waals surface area contributed by atoms with Crippen molar-refractivity contribution in [3.63, 3.8) is 0 Å². The van der Waals surface area contributed by atoms with Crippen LogP contribution in [0.15, 0.2) is 54.0 Å². The van der Waals surface area contributed by atoms with E-state index >= 15 is 0 Å². The van der Waals surface area contributed by atoms with Crippen molar-refractivity contribution < 1.29 is 0 Å². The van der Waals surface area contributed by atoms with Crippen molar-refractivity contribution in [3.8, 4) is 11.4 Å². The number of hydrogen-bond donors (Lipinski definition) is 2. The van der Waals surface area contributed by atoms with Gasteiger partial charge in [-0.05, 0) is 42.8 Å². The van der Waals surface area contributed by atoms with Gasteiger partial charge in [-0.2, -0.15) is 5.10 Å². The van der Waals surface area contributed by atoms with Gasteiger partial charge >= 0.3 is 0 Å². The lowest BCUT2D eigenvalue weighted by Crippen LogP contribution is -2.39. The molecule has 1 aromatic carbocycles. The molecule has 144 valence electrons. The summed E-state index contributed by atoms with van der Waals surface area (Å²) in [5.74, 6) is 0.955. The Morgan fingerprint density at radius 3 is 2.82 bits per heavy atom. The summed E-state index contributed by atoms with van der Waals surface area (Å²) >= 11 is 6.19. The second-order valence-electron chi connectivity index (χ2n) is 6.44. The quantitative estimate of drug-likeness (QED) is 0.676. The third-order valence-electron chi connectivity index (χ3n) is 4.80. The fourth-order valence-electron chi connectivity index (χ4n) is 3.63. The molecule has 0 saturated heterocycles. The number of anilines is 1. The molecule has 2 aliphatic heterocycles. The average molecular weight is 395 g/mol. The lowest BCUT2D eigenvalue weighted by atomic mass is 10.1. The van der Waals surface area contributed by atoms with E-state index in [4.69, 9.17) is 11.6 Å². The summed E-state index contributed by atoms with van der Waals surface area (Å²) in [6.07, 6.45) is 7.90. The maximum absolute atomic E-state index is 6.19. The van der Waals surface area contributed by atoms with Crippen molar-refractivity contribution in [1.82, 2.24) is 20.0 Å². The third kappa shape index (κ3) is 3.10. The number of amidine groups is 1. The molecular weight excluding hydrogens is 372 g/mol. The summed E-state index contributed by atoms with van der Waals surface area (Å²) in [7, 11) is 0. The molecule has 2 N–H and O–H groups in total. The maximum atomic E-state index is 6.19. The molecule has 3 aromatic rings. The number of aromatic nitrogens is 3. The van der Waals surface area contributed by atoms with Crippen LogP contribution in [0.4, 0.5) is 5.69 Å². The number of nitrogens with zero attached hydrogens (tertiary/aromatic N) is 4. The Morgan fingerprint density at radius 1 is 1.21 bits per heavy atom. The van der Waals surface area contributed by atoms with Crippen LogP contribution in [-0.2, 0) is 6.54 Å². The van der Waals surface area contributed by atoms with E-state index in [-0.39, 0.29) is 6.17 Å². The van der Waals surface area contributed by atoms with Gasteiger partial charge in [0.1, 0.15) is 12.0 Å². The number of aromatic amines is 1. The number of fused-ring (bicyclic) bond motifs is 3. The molecule has 0 aliphatic carbocycles. The number of hydrogen-bond acceptors (Lipinski definition) is 4. The van der Waals surface area contributed by atoms with Crippen LogP contribution in [0, 0.1) is 0 Å². The predicted molar refractivity (Wildman–Crippen MR) is 115 cm³/mol. The topological polar surface area (TPSA) is 61.2 Å². The highest BCUT2D eigenvalue weighted by Gasteiger charge is 2.32. The number of imidazole rings is 1. The molecule has 5 rings (SSSR count). The van der Waals surface area contributed by atoms with Crippen LogP contribution < -0.4 is 10.3 Å². The van der Waals surface area contributed by atoms with Crippen molar-refractivity contribution in [2.45, 2.75) is 33.5 Å². The minimum atomic E-state index is 0.0686. The molecule has 0 amide bonds. The summed E-state index contributed by atoms with van der Waals surface area (Å²) in [6, 6.07) is 10.2. The Hall–Kier alpha value is -2.99. The number of benzene rings is 1. The highest BCUT2D eigenvalue weighted by atomic mass is 35.5. The Balaban J connectivity index is 0.000000932. The number of H-pyrrole nitrogens is 1. The van der Waals surface area contributed by atoms with E-state index in [1.165, 1.54) is 0 Å². The van der Waals surface area contributed by atoms with Crippen molar-refractivity contribution >= 4 is 29.2 Å². The minimum Gasteiger partial charge on any atom is -0.343 e. The van der Waals surface area contributed by atoms with E-state index in [0.717, 1.165) is 45.7 Å². The molecule has 7 heteroatoms. The van der Waals surface area contributed by atoms with Gasteiger partial charge in [0.2, 0.25) is 0 Å². The monoisotopic (exact) mass is 394 g/mol. The van der Waals surface area contributed by atoms with Crippen LogP contribution in [0.25, 0.3) is 17.5 Å². The van der Waals surface area contributed by atoms with Gasteiger partial charge in [-0.25, -0.2) is 4.98 Å². The van der Waals surface area contributed by atoms with E-state index in [1.807, 2.05) is 45.2 Å². The van der Waals surface area contributed by atoms with Gasteiger partial charge < -0.3 is 14.5 Å². The van der Waals surface area contributed by atoms with Crippen molar-refractivity contribution in [2.75, 3.05) is 4.90 Å². The van der Waals surface area contributed by atoms with Crippen LogP contribution in [0.5, 0.6) is 0 Å². The molecule has 6 nitrogen and oxygen atoms in total. The summed E-state index contributed by atoms with van der Waals surface area (Å²) in [5.41, 5.74) is 8.64. The first kappa shape index (κ1) is 18.4. The molecule has 0 bridgehead atoms. The average Bonchev–Trinajstić information content (AvgIpc) is 3.43. The molecule has 0 fully saturated rings. The van der Waals surface area contributed by atoms with Crippen LogP contribution in [0.1, 0.15) is 32.0 Å². The van der Waals surface area contributed by atoms with E-state index in [9.17, 15) is 0 Å². The minimum absolute atomic E-state index is 0.0686. The second-order valence-corrected chi connectivity index (χ2v) is 6.88. The molecule has 1 unspecified atom stereocenters. The normalized spacial score (nSPS) is 16.6. The molecule has 0 saturated carbocycles. The first-order valence-corrected chi connectivity index (χ1v) is 9.82. The lowest BCUT2D eigenvalue weighted by molar-refractivity contribution is 0.682. The molecule has 2 aromatic heterocycles. The molecule has 28 heavy (non-hydrogen) atoms. The zero-order chi connectivity index (χ0) is 19.7. The Bertz CT molecular complexity index is 1030. The molecule has 0 radical (unpaired) electrons. The van der Waals surface area contributed by atoms with Crippen LogP contribution in [-0.4, -0.2) is 26.5 Å². The van der Waals surface area contributed by atoms with Gasteiger partial charge in [-0.1, -0.05) is 37.6 Å². The molecule has 0 spiro atoms. The van der Waals surface area contributed by atoms with Crippen LogP contribution >= 0.6 is 11.6 Å². The highest BCUT2D eigenvalue weighted by molar-refractivity contribution is 6.30. The fourth-order valence-corrected chi connectivity index (χ4v) is 3.85. The summed E-state index contributed by atoms with van der Waals surface area (Å²) in [6.45, 7) is 6.73. The summed E-state index contributed by atoms with van der Waals surface area (Å²) in [4.78, 5) is 9.63. The summed E-state index contributed by atoms with van der Waals surface area (Å²) < 4.78 is 2.28. The maximum Gasteiger partial charge on any atom is 0.140 e. The Labute approximate surface area is 169 Å². The number of nitrogens with one attached hydrogen (secondary N) is 2. The van der Waals surface area contributed by atoms with Gasteiger partial charge in [0, 0.05) is 11.6 Å². The largest absolute Gasteiger partial charge is 0.343 e. The van der Waals surface area contributed by atoms with E-state index in [1.54, 1.807) is 6.33 Å².